The smallest absolute Gasteiger partial charge is 0.0109 e. The Hall–Kier alpha value is -1.56. The van der Waals surface area contributed by atoms with Crippen LogP contribution in [0.2, 0.25) is 0 Å². The van der Waals surface area contributed by atoms with Gasteiger partial charge in [-0.25, -0.2) is 0 Å². The van der Waals surface area contributed by atoms with E-state index < -0.39 is 0 Å². The predicted molar refractivity (Wildman–Crippen MR) is 66.1 cm³/mol. The van der Waals surface area contributed by atoms with Crippen LogP contribution in [0, 0.1) is 6.92 Å². The van der Waals surface area contributed by atoms with Gasteiger partial charge in [-0.05, 0) is 41.0 Å². The van der Waals surface area contributed by atoms with Crippen LogP contribution in [-0.4, -0.2) is 0 Å². The standard InChI is InChI=1S/C15H14/c1-11-6-9-15-13(10-11)8-7-12-4-2-3-5-14(12)15/h4-10H,2-3H2,1H3. The van der Waals surface area contributed by atoms with Crippen molar-refractivity contribution in [3.8, 4) is 0 Å². The molecule has 0 unspecified atom stereocenters. The molecule has 0 aromatic heterocycles. The Balaban J connectivity index is 2.54. The zero-order chi connectivity index (χ0) is 10.3. The van der Waals surface area contributed by atoms with Gasteiger partial charge in [-0.15, -0.1) is 0 Å². The van der Waals surface area contributed by atoms with Crippen LogP contribution >= 0.6 is 0 Å². The van der Waals surface area contributed by atoms with E-state index in [9.17, 15) is 0 Å². The van der Waals surface area contributed by atoms with Crippen molar-refractivity contribution in [3.63, 3.8) is 0 Å². The highest BCUT2D eigenvalue weighted by atomic mass is 14.0. The van der Waals surface area contributed by atoms with E-state index in [0.29, 0.717) is 0 Å². The summed E-state index contributed by atoms with van der Waals surface area (Å²) in [7, 11) is 0. The Morgan fingerprint density at radius 1 is 0.933 bits per heavy atom. The third kappa shape index (κ3) is 1.37. The highest BCUT2D eigenvalue weighted by Gasteiger charge is 1.99. The second-order valence-electron chi connectivity index (χ2n) is 4.28. The third-order valence-electron chi connectivity index (χ3n) is 3.13. The monoisotopic (exact) mass is 194 g/mol. The molecule has 1 aliphatic rings. The fraction of sp³-hybridized carbons (Fsp3) is 0.200. The molecule has 0 fully saturated rings. The molecule has 0 aliphatic heterocycles. The van der Waals surface area contributed by atoms with Gasteiger partial charge in [0.15, 0.2) is 0 Å². The lowest BCUT2D eigenvalue weighted by atomic mass is 10.00. The Labute approximate surface area is 89.6 Å². The van der Waals surface area contributed by atoms with E-state index >= 15 is 0 Å². The van der Waals surface area contributed by atoms with Gasteiger partial charge in [0.1, 0.15) is 0 Å². The molecule has 3 rings (SSSR count). The van der Waals surface area contributed by atoms with Crippen molar-refractivity contribution in [2.45, 2.75) is 19.8 Å². The number of benzene rings is 2. The van der Waals surface area contributed by atoms with Crippen LogP contribution in [0.4, 0.5) is 0 Å². The van der Waals surface area contributed by atoms with Gasteiger partial charge in [0.25, 0.3) is 0 Å². The minimum absolute atomic E-state index is 1.18. The van der Waals surface area contributed by atoms with Crippen molar-refractivity contribution >= 4 is 22.9 Å². The van der Waals surface area contributed by atoms with Gasteiger partial charge in [-0.1, -0.05) is 48.0 Å². The lowest BCUT2D eigenvalue weighted by molar-refractivity contribution is 1.12. The molecule has 74 valence electrons. The molecule has 0 heteroatoms. The molecule has 0 amide bonds. The molecule has 0 radical (unpaired) electrons. The largest absolute Gasteiger partial charge is 0.0763 e. The predicted octanol–water partition coefficient (Wildman–Crippen LogP) is 2.50. The van der Waals surface area contributed by atoms with Crippen LogP contribution in [0.3, 0.4) is 0 Å². The second-order valence-corrected chi connectivity index (χ2v) is 4.28. The van der Waals surface area contributed by atoms with Crippen molar-refractivity contribution in [2.24, 2.45) is 0 Å². The first-order chi connectivity index (χ1) is 7.34. The summed E-state index contributed by atoms with van der Waals surface area (Å²) in [6.45, 7) is 2.15. The second kappa shape index (κ2) is 3.23. The summed E-state index contributed by atoms with van der Waals surface area (Å²) in [6, 6.07) is 11.2. The first-order valence-corrected chi connectivity index (χ1v) is 5.54. The topological polar surface area (TPSA) is 0 Å². The Kier molecular flexibility index (Phi) is 1.88. The summed E-state index contributed by atoms with van der Waals surface area (Å²) in [5.41, 5.74) is 1.34. The Morgan fingerprint density at radius 2 is 1.80 bits per heavy atom. The van der Waals surface area contributed by atoms with Crippen LogP contribution in [-0.2, 0) is 0 Å². The fourth-order valence-electron chi connectivity index (χ4n) is 2.36. The first kappa shape index (κ1) is 8.72. The van der Waals surface area contributed by atoms with Gasteiger partial charge in [-0.3, -0.25) is 0 Å². The highest BCUT2D eigenvalue weighted by Crippen LogP contribution is 2.11. The maximum atomic E-state index is 2.37. The molecule has 0 saturated heterocycles. The molecule has 0 spiro atoms. The number of fused-ring (bicyclic) bond motifs is 3. The quantitative estimate of drug-likeness (QED) is 0.604. The highest BCUT2D eigenvalue weighted by molar-refractivity contribution is 5.84. The van der Waals surface area contributed by atoms with Crippen LogP contribution in [0.5, 0.6) is 0 Å². The van der Waals surface area contributed by atoms with Crippen LogP contribution in [0.1, 0.15) is 18.4 Å². The lowest BCUT2D eigenvalue weighted by Crippen LogP contribution is -2.26. The molecule has 0 bridgehead atoms. The van der Waals surface area contributed by atoms with Crippen molar-refractivity contribution in [1.29, 1.82) is 0 Å². The number of aryl methyl sites for hydroxylation is 1. The van der Waals surface area contributed by atoms with E-state index in [0.717, 1.165) is 0 Å². The minimum Gasteiger partial charge on any atom is -0.0763 e. The van der Waals surface area contributed by atoms with Gasteiger partial charge in [0.05, 0.1) is 0 Å². The van der Waals surface area contributed by atoms with Crippen molar-refractivity contribution in [3.05, 3.63) is 46.3 Å². The van der Waals surface area contributed by atoms with E-state index in [-0.39, 0.29) is 0 Å². The van der Waals surface area contributed by atoms with E-state index in [4.69, 9.17) is 0 Å². The zero-order valence-electron chi connectivity index (χ0n) is 8.96. The summed E-state index contributed by atoms with van der Waals surface area (Å²) >= 11 is 0. The van der Waals surface area contributed by atoms with Gasteiger partial charge in [0, 0.05) is 0 Å². The van der Waals surface area contributed by atoms with Crippen LogP contribution < -0.4 is 10.4 Å². The van der Waals surface area contributed by atoms with Gasteiger partial charge in [-0.2, -0.15) is 0 Å². The van der Waals surface area contributed by atoms with E-state index in [2.05, 4.69) is 49.4 Å². The first-order valence-electron chi connectivity index (χ1n) is 5.54. The summed E-state index contributed by atoms with van der Waals surface area (Å²) < 4.78 is 0. The molecule has 0 heterocycles. The van der Waals surface area contributed by atoms with Crippen LogP contribution in [0.25, 0.3) is 22.9 Å². The third-order valence-corrected chi connectivity index (χ3v) is 3.13. The number of rotatable bonds is 0. The summed E-state index contributed by atoms with van der Waals surface area (Å²) in [6.07, 6.45) is 7.08. The molecule has 1 aliphatic carbocycles. The summed E-state index contributed by atoms with van der Waals surface area (Å²) in [4.78, 5) is 0. The normalized spacial score (nSPS) is 14.2. The van der Waals surface area contributed by atoms with Gasteiger partial charge in [0.2, 0.25) is 0 Å². The maximum absolute atomic E-state index is 2.37. The lowest BCUT2D eigenvalue weighted by Gasteiger charge is -2.05. The maximum Gasteiger partial charge on any atom is -0.0109 e. The molecular formula is C15H14. The van der Waals surface area contributed by atoms with Gasteiger partial charge < -0.3 is 0 Å². The average Bonchev–Trinajstić information content (AvgIpc) is 2.28. The molecule has 15 heavy (non-hydrogen) atoms. The molecule has 0 saturated carbocycles. The van der Waals surface area contributed by atoms with Crippen molar-refractivity contribution in [1.82, 2.24) is 0 Å². The Bertz CT molecular complexity index is 633. The average molecular weight is 194 g/mol. The van der Waals surface area contributed by atoms with Crippen LogP contribution in [0.15, 0.2) is 30.3 Å². The minimum atomic E-state index is 1.18. The Morgan fingerprint density at radius 3 is 2.73 bits per heavy atom. The fourth-order valence-corrected chi connectivity index (χ4v) is 2.36. The number of hydrogen-bond acceptors (Lipinski definition) is 0. The molecular weight excluding hydrogens is 180 g/mol. The molecule has 0 nitrogen and oxygen atoms in total. The summed E-state index contributed by atoms with van der Waals surface area (Å²) in [5.74, 6) is 0. The van der Waals surface area contributed by atoms with Crippen molar-refractivity contribution in [2.75, 3.05) is 0 Å². The van der Waals surface area contributed by atoms with Crippen molar-refractivity contribution < 1.29 is 0 Å². The number of hydrogen-bond donors (Lipinski definition) is 0. The molecule has 0 atom stereocenters. The van der Waals surface area contributed by atoms with E-state index in [1.807, 2.05) is 0 Å². The van der Waals surface area contributed by atoms with Gasteiger partial charge >= 0.3 is 0 Å². The van der Waals surface area contributed by atoms with E-state index in [1.165, 1.54) is 39.6 Å². The molecule has 2 aromatic carbocycles. The zero-order valence-corrected chi connectivity index (χ0v) is 8.96. The summed E-state index contributed by atoms with van der Waals surface area (Å²) in [5, 5.41) is 5.59. The SMILES string of the molecule is Cc1ccc2c3c(ccc2c1)=CCCC=3. The molecule has 0 N–H and O–H groups in total. The molecule has 2 aromatic rings. The van der Waals surface area contributed by atoms with E-state index in [1.54, 1.807) is 0 Å².